The molecule has 6 nitrogen and oxygen atoms in total. The van der Waals surface area contributed by atoms with Crippen molar-refractivity contribution in [2.24, 2.45) is 0 Å². The number of pyridine rings is 1. The number of carbonyl (C=O) groups is 1. The van der Waals surface area contributed by atoms with Gasteiger partial charge in [0.1, 0.15) is 11.5 Å². The van der Waals surface area contributed by atoms with Crippen LogP contribution in [-0.2, 0) is 6.42 Å². The lowest BCUT2D eigenvalue weighted by molar-refractivity contribution is 0.0964. The Hall–Kier alpha value is -3.32. The smallest absolute Gasteiger partial charge is 0.251 e. The molecule has 5 rings (SSSR count). The molecule has 0 saturated carbocycles. The number of aromatic nitrogens is 1. The van der Waals surface area contributed by atoms with Crippen LogP contribution in [-0.4, -0.2) is 36.5 Å². The van der Waals surface area contributed by atoms with E-state index in [1.807, 2.05) is 48.5 Å². The Balaban J connectivity index is 1.57. The number of hydrogen-bond donors (Lipinski definition) is 1. The molecule has 0 aliphatic carbocycles. The van der Waals surface area contributed by atoms with Crippen LogP contribution in [0.15, 0.2) is 54.7 Å². The monoisotopic (exact) mass is 492 g/mol. The van der Waals surface area contributed by atoms with E-state index in [2.05, 4.69) is 26.2 Å². The molecule has 2 heterocycles. The number of alkyl halides is 1. The molecule has 4 aromatic rings. The minimum atomic E-state index is -0.113. The SMILES string of the molecule is CNC(=O)c1cccc2cc(Oc3ccnc4cc(OCCBr)c5c(c34)CCO5)ccc12. The van der Waals surface area contributed by atoms with Crippen molar-refractivity contribution in [1.29, 1.82) is 0 Å². The Morgan fingerprint density at radius 2 is 2.09 bits per heavy atom. The van der Waals surface area contributed by atoms with E-state index < -0.39 is 0 Å². The van der Waals surface area contributed by atoms with Crippen molar-refractivity contribution < 1.29 is 19.0 Å². The molecule has 3 aromatic carbocycles. The average molecular weight is 493 g/mol. The van der Waals surface area contributed by atoms with Crippen molar-refractivity contribution in [3.05, 3.63) is 65.9 Å². The van der Waals surface area contributed by atoms with Crippen LogP contribution in [0.3, 0.4) is 0 Å². The lowest BCUT2D eigenvalue weighted by atomic mass is 10.0. The third-order valence-corrected chi connectivity index (χ3v) is 5.82. The van der Waals surface area contributed by atoms with Gasteiger partial charge in [-0.25, -0.2) is 0 Å². The molecule has 1 aromatic heterocycles. The maximum Gasteiger partial charge on any atom is 0.251 e. The first-order valence-electron chi connectivity index (χ1n) is 10.4. The molecule has 0 atom stereocenters. The summed E-state index contributed by atoms with van der Waals surface area (Å²) in [5.41, 5.74) is 2.49. The predicted molar refractivity (Wildman–Crippen MR) is 128 cm³/mol. The van der Waals surface area contributed by atoms with E-state index in [0.29, 0.717) is 36.0 Å². The summed E-state index contributed by atoms with van der Waals surface area (Å²) in [7, 11) is 1.63. The Kier molecular flexibility index (Phi) is 5.57. The summed E-state index contributed by atoms with van der Waals surface area (Å²) in [5.74, 6) is 2.77. The second kappa shape index (κ2) is 8.67. The zero-order chi connectivity index (χ0) is 22.1. The molecular formula is C25H21BrN2O4. The van der Waals surface area contributed by atoms with Gasteiger partial charge in [-0.3, -0.25) is 9.78 Å². The number of nitrogens with one attached hydrogen (secondary N) is 1. The molecule has 1 aliphatic rings. The predicted octanol–water partition coefficient (Wildman–Crippen LogP) is 5.25. The van der Waals surface area contributed by atoms with Gasteiger partial charge >= 0.3 is 0 Å². The first-order valence-corrected chi connectivity index (χ1v) is 11.5. The minimum absolute atomic E-state index is 0.113. The summed E-state index contributed by atoms with van der Waals surface area (Å²) in [5, 5.41) is 6.17. The van der Waals surface area contributed by atoms with E-state index in [4.69, 9.17) is 14.2 Å². The van der Waals surface area contributed by atoms with Crippen LogP contribution in [0, 0.1) is 0 Å². The van der Waals surface area contributed by atoms with Crippen molar-refractivity contribution in [3.8, 4) is 23.0 Å². The highest BCUT2D eigenvalue weighted by atomic mass is 79.9. The number of benzene rings is 3. The van der Waals surface area contributed by atoms with Crippen LogP contribution in [0.1, 0.15) is 15.9 Å². The summed E-state index contributed by atoms with van der Waals surface area (Å²) < 4.78 is 18.1. The molecule has 0 spiro atoms. The number of amides is 1. The highest BCUT2D eigenvalue weighted by Gasteiger charge is 2.24. The zero-order valence-corrected chi connectivity index (χ0v) is 19.1. The largest absolute Gasteiger partial charge is 0.489 e. The van der Waals surface area contributed by atoms with Gasteiger partial charge in [0, 0.05) is 42.2 Å². The Morgan fingerprint density at radius 3 is 2.94 bits per heavy atom. The summed E-state index contributed by atoms with van der Waals surface area (Å²) in [6.45, 7) is 1.15. The molecular weight excluding hydrogens is 472 g/mol. The lowest BCUT2D eigenvalue weighted by Crippen LogP contribution is -2.17. The number of ether oxygens (including phenoxy) is 3. The highest BCUT2D eigenvalue weighted by molar-refractivity contribution is 9.09. The number of carbonyl (C=O) groups excluding carboxylic acids is 1. The zero-order valence-electron chi connectivity index (χ0n) is 17.5. The summed E-state index contributed by atoms with van der Waals surface area (Å²) in [4.78, 5) is 16.7. The molecule has 162 valence electrons. The van der Waals surface area contributed by atoms with Crippen molar-refractivity contribution >= 4 is 43.5 Å². The summed E-state index contributed by atoms with van der Waals surface area (Å²) in [6, 6.07) is 15.2. The van der Waals surface area contributed by atoms with E-state index in [9.17, 15) is 4.79 Å². The maximum atomic E-state index is 12.2. The molecule has 0 unspecified atom stereocenters. The molecule has 1 amide bonds. The minimum Gasteiger partial charge on any atom is -0.489 e. The van der Waals surface area contributed by atoms with Gasteiger partial charge in [0.15, 0.2) is 11.5 Å². The van der Waals surface area contributed by atoms with Gasteiger partial charge in [-0.2, -0.15) is 0 Å². The van der Waals surface area contributed by atoms with Crippen molar-refractivity contribution in [3.63, 3.8) is 0 Å². The van der Waals surface area contributed by atoms with Gasteiger partial charge in [0.05, 0.1) is 24.1 Å². The fraction of sp³-hybridized carbons (Fsp3) is 0.200. The van der Waals surface area contributed by atoms with E-state index in [-0.39, 0.29) is 5.91 Å². The molecule has 32 heavy (non-hydrogen) atoms. The lowest BCUT2D eigenvalue weighted by Gasteiger charge is -2.15. The third kappa shape index (κ3) is 3.62. The average Bonchev–Trinajstić information content (AvgIpc) is 3.31. The van der Waals surface area contributed by atoms with Crippen LogP contribution in [0.4, 0.5) is 0 Å². The second-order valence-corrected chi connectivity index (χ2v) is 8.18. The number of halogens is 1. The van der Waals surface area contributed by atoms with Crippen LogP contribution in [0.2, 0.25) is 0 Å². The fourth-order valence-electron chi connectivity index (χ4n) is 4.10. The van der Waals surface area contributed by atoms with E-state index in [1.165, 1.54) is 0 Å². The van der Waals surface area contributed by atoms with Crippen molar-refractivity contribution in [1.82, 2.24) is 10.3 Å². The topological polar surface area (TPSA) is 69.7 Å². The first-order chi connectivity index (χ1) is 15.7. The van der Waals surface area contributed by atoms with Crippen LogP contribution in [0.25, 0.3) is 21.7 Å². The Bertz CT molecular complexity index is 1340. The van der Waals surface area contributed by atoms with Gasteiger partial charge in [0.2, 0.25) is 0 Å². The standard InChI is InChI=1S/C25H21BrN2O4/c1-27-25(29)18-4-2-3-15-13-16(5-6-17(15)18)32-21-7-10-28-20-14-22(30-12-9-26)24-19(23(20)21)8-11-31-24/h2-7,10,13-14H,8-9,11-12H2,1H3,(H,27,29). The summed E-state index contributed by atoms with van der Waals surface area (Å²) >= 11 is 3.40. The highest BCUT2D eigenvalue weighted by Crippen LogP contribution is 2.44. The second-order valence-electron chi connectivity index (χ2n) is 7.39. The van der Waals surface area contributed by atoms with Crippen molar-refractivity contribution in [2.75, 3.05) is 25.6 Å². The van der Waals surface area contributed by atoms with Crippen LogP contribution < -0.4 is 19.5 Å². The van der Waals surface area contributed by atoms with Gasteiger partial charge in [-0.1, -0.05) is 28.1 Å². The Labute approximate surface area is 193 Å². The molecule has 0 bridgehead atoms. The molecule has 0 fully saturated rings. The Morgan fingerprint density at radius 1 is 1.19 bits per heavy atom. The first kappa shape index (κ1) is 20.6. The maximum absolute atomic E-state index is 12.2. The van der Waals surface area contributed by atoms with Crippen LogP contribution >= 0.6 is 15.9 Å². The number of nitrogens with zero attached hydrogens (tertiary/aromatic N) is 1. The van der Waals surface area contributed by atoms with E-state index in [0.717, 1.165) is 44.7 Å². The van der Waals surface area contributed by atoms with Crippen LogP contribution in [0.5, 0.6) is 23.0 Å². The molecule has 0 saturated heterocycles. The quantitative estimate of drug-likeness (QED) is 0.372. The van der Waals surface area contributed by atoms with E-state index >= 15 is 0 Å². The van der Waals surface area contributed by atoms with Gasteiger partial charge < -0.3 is 19.5 Å². The third-order valence-electron chi connectivity index (χ3n) is 5.49. The van der Waals surface area contributed by atoms with E-state index in [1.54, 1.807) is 13.2 Å². The molecule has 0 radical (unpaired) electrons. The van der Waals surface area contributed by atoms with Gasteiger partial charge in [-0.05, 0) is 41.1 Å². The summed E-state index contributed by atoms with van der Waals surface area (Å²) in [6.07, 6.45) is 2.51. The molecule has 7 heteroatoms. The number of fused-ring (bicyclic) bond motifs is 4. The number of hydrogen-bond acceptors (Lipinski definition) is 5. The molecule has 1 N–H and O–H groups in total. The van der Waals surface area contributed by atoms with Gasteiger partial charge in [-0.15, -0.1) is 0 Å². The molecule has 1 aliphatic heterocycles. The normalized spacial score (nSPS) is 12.4. The van der Waals surface area contributed by atoms with Gasteiger partial charge in [0.25, 0.3) is 5.91 Å². The van der Waals surface area contributed by atoms with Crippen molar-refractivity contribution in [2.45, 2.75) is 6.42 Å². The fourth-order valence-corrected chi connectivity index (χ4v) is 4.26. The number of rotatable bonds is 6.